The lowest BCUT2D eigenvalue weighted by atomic mass is 9.98. The standard InChI is InChI=1S/C25H28ClN3O3S/c1-15-18(9-19-10-20(26)4-3-17(19)6-7-30)11-23(33-15)24(32)22-12-27-14-28-25(22)29-21-5-2-16(8-21)13-31/h3-4,10-12,14,16,21,30-31H,2,5-9,13H2,1H3,(H,27,28,29). The van der Waals surface area contributed by atoms with Gasteiger partial charge in [-0.15, -0.1) is 11.3 Å². The summed E-state index contributed by atoms with van der Waals surface area (Å²) in [7, 11) is 0. The summed E-state index contributed by atoms with van der Waals surface area (Å²) >= 11 is 7.68. The van der Waals surface area contributed by atoms with Crippen LogP contribution in [0, 0.1) is 12.8 Å². The van der Waals surface area contributed by atoms with E-state index in [1.54, 1.807) is 6.20 Å². The molecule has 0 radical (unpaired) electrons. The van der Waals surface area contributed by atoms with Gasteiger partial charge in [-0.2, -0.15) is 0 Å². The average molecular weight is 486 g/mol. The molecule has 2 heterocycles. The molecule has 0 aliphatic heterocycles. The summed E-state index contributed by atoms with van der Waals surface area (Å²) in [4.78, 5) is 23.5. The summed E-state index contributed by atoms with van der Waals surface area (Å²) in [6.45, 7) is 2.28. The predicted octanol–water partition coefficient (Wildman–Crippen LogP) is 4.43. The van der Waals surface area contributed by atoms with E-state index in [1.165, 1.54) is 17.7 Å². The summed E-state index contributed by atoms with van der Waals surface area (Å²) in [6, 6.07) is 7.85. The molecule has 1 fully saturated rings. The number of aryl methyl sites for hydroxylation is 1. The molecule has 4 rings (SSSR count). The molecule has 2 atom stereocenters. The number of rotatable bonds is 9. The SMILES string of the molecule is Cc1sc(C(=O)c2cncnc2NC2CCC(CO)C2)cc1Cc1cc(Cl)ccc1CCO. The van der Waals surface area contributed by atoms with Crippen molar-refractivity contribution in [1.29, 1.82) is 0 Å². The number of hydrogen-bond acceptors (Lipinski definition) is 7. The fourth-order valence-electron chi connectivity index (χ4n) is 4.44. The van der Waals surface area contributed by atoms with Crippen LogP contribution in [0.1, 0.15) is 56.1 Å². The fraction of sp³-hybridized carbons (Fsp3) is 0.400. The van der Waals surface area contributed by atoms with Crippen molar-refractivity contribution in [2.24, 2.45) is 5.92 Å². The van der Waals surface area contributed by atoms with Crippen LogP contribution >= 0.6 is 22.9 Å². The van der Waals surface area contributed by atoms with Crippen LogP contribution in [0.25, 0.3) is 0 Å². The molecule has 0 spiro atoms. The highest BCUT2D eigenvalue weighted by Crippen LogP contribution is 2.31. The Bertz CT molecular complexity index is 1130. The molecule has 1 aliphatic rings. The van der Waals surface area contributed by atoms with Crippen molar-refractivity contribution in [2.45, 2.75) is 45.1 Å². The number of aliphatic hydroxyl groups excluding tert-OH is 2. The Hall–Kier alpha value is -2.32. The summed E-state index contributed by atoms with van der Waals surface area (Å²) < 4.78 is 0. The van der Waals surface area contributed by atoms with Crippen LogP contribution in [0.15, 0.2) is 36.8 Å². The number of thiophene rings is 1. The van der Waals surface area contributed by atoms with Gasteiger partial charge in [-0.05, 0) is 79.8 Å². The third-order valence-electron chi connectivity index (χ3n) is 6.27. The van der Waals surface area contributed by atoms with Gasteiger partial charge in [-0.25, -0.2) is 9.97 Å². The number of nitrogens with zero attached hydrogens (tertiary/aromatic N) is 2. The quantitative estimate of drug-likeness (QED) is 0.388. The minimum absolute atomic E-state index is 0.0742. The van der Waals surface area contributed by atoms with Crippen LogP contribution in [-0.2, 0) is 12.8 Å². The molecule has 1 saturated carbocycles. The number of aromatic nitrogens is 2. The molecule has 8 heteroatoms. The number of halogens is 1. The highest BCUT2D eigenvalue weighted by atomic mass is 35.5. The Morgan fingerprint density at radius 1 is 1.21 bits per heavy atom. The molecule has 1 aliphatic carbocycles. The lowest BCUT2D eigenvalue weighted by Crippen LogP contribution is -2.19. The fourth-order valence-corrected chi connectivity index (χ4v) is 5.64. The number of hydrogen-bond donors (Lipinski definition) is 3. The minimum atomic E-state index is -0.101. The Kier molecular flexibility index (Phi) is 7.75. The normalized spacial score (nSPS) is 17.9. The number of aliphatic hydroxyl groups is 2. The third-order valence-corrected chi connectivity index (χ3v) is 7.60. The molecular formula is C25H28ClN3O3S. The van der Waals surface area contributed by atoms with Crippen LogP contribution in [0.3, 0.4) is 0 Å². The number of carbonyl (C=O) groups is 1. The highest BCUT2D eigenvalue weighted by Gasteiger charge is 2.26. The van der Waals surface area contributed by atoms with E-state index >= 15 is 0 Å². The smallest absolute Gasteiger partial charge is 0.208 e. The largest absolute Gasteiger partial charge is 0.396 e. The molecule has 33 heavy (non-hydrogen) atoms. The molecule has 2 unspecified atom stereocenters. The van der Waals surface area contributed by atoms with Crippen molar-refractivity contribution in [3.63, 3.8) is 0 Å². The van der Waals surface area contributed by atoms with Gasteiger partial charge in [0.05, 0.1) is 10.4 Å². The first kappa shape index (κ1) is 23.8. The van der Waals surface area contributed by atoms with Gasteiger partial charge in [0.15, 0.2) is 0 Å². The van der Waals surface area contributed by atoms with Gasteiger partial charge in [0.25, 0.3) is 0 Å². The molecule has 174 valence electrons. The summed E-state index contributed by atoms with van der Waals surface area (Å²) in [5.41, 5.74) is 3.64. The van der Waals surface area contributed by atoms with E-state index in [9.17, 15) is 15.0 Å². The van der Waals surface area contributed by atoms with E-state index in [0.717, 1.165) is 40.8 Å². The van der Waals surface area contributed by atoms with E-state index in [4.69, 9.17) is 11.6 Å². The molecule has 1 aromatic carbocycles. The zero-order valence-corrected chi connectivity index (χ0v) is 20.1. The second kappa shape index (κ2) is 10.7. The first-order chi connectivity index (χ1) is 16.0. The maximum Gasteiger partial charge on any atom is 0.208 e. The average Bonchev–Trinajstić information content (AvgIpc) is 3.42. The van der Waals surface area contributed by atoms with Crippen molar-refractivity contribution < 1.29 is 15.0 Å². The van der Waals surface area contributed by atoms with Crippen molar-refractivity contribution >= 4 is 34.5 Å². The Balaban J connectivity index is 1.55. The first-order valence-electron chi connectivity index (χ1n) is 11.2. The van der Waals surface area contributed by atoms with Crippen molar-refractivity contribution in [3.05, 3.63) is 73.8 Å². The second-order valence-corrected chi connectivity index (χ2v) is 10.3. The lowest BCUT2D eigenvalue weighted by Gasteiger charge is -2.15. The molecule has 2 aromatic heterocycles. The number of carbonyl (C=O) groups excluding carboxylic acids is 1. The van der Waals surface area contributed by atoms with Crippen molar-refractivity contribution in [1.82, 2.24) is 9.97 Å². The van der Waals surface area contributed by atoms with Crippen LogP contribution in [0.2, 0.25) is 5.02 Å². The molecule has 0 amide bonds. The van der Waals surface area contributed by atoms with Gasteiger partial charge in [0, 0.05) is 35.4 Å². The molecule has 3 N–H and O–H groups in total. The van der Waals surface area contributed by atoms with Crippen LogP contribution < -0.4 is 5.32 Å². The summed E-state index contributed by atoms with van der Waals surface area (Å²) in [5, 5.41) is 22.9. The number of ketones is 1. The molecule has 0 saturated heterocycles. The number of benzene rings is 1. The first-order valence-corrected chi connectivity index (χ1v) is 12.4. The molecule has 0 bridgehead atoms. The minimum Gasteiger partial charge on any atom is -0.396 e. The predicted molar refractivity (Wildman–Crippen MR) is 131 cm³/mol. The summed E-state index contributed by atoms with van der Waals surface area (Å²) in [6.07, 6.45) is 7.01. The monoisotopic (exact) mass is 485 g/mol. The van der Waals surface area contributed by atoms with Gasteiger partial charge < -0.3 is 15.5 Å². The van der Waals surface area contributed by atoms with Crippen molar-refractivity contribution in [2.75, 3.05) is 18.5 Å². The van der Waals surface area contributed by atoms with Crippen molar-refractivity contribution in [3.8, 4) is 0 Å². The number of anilines is 1. The van der Waals surface area contributed by atoms with Crippen LogP contribution in [0.4, 0.5) is 5.82 Å². The lowest BCUT2D eigenvalue weighted by molar-refractivity contribution is 0.104. The maximum atomic E-state index is 13.4. The molecular weight excluding hydrogens is 458 g/mol. The zero-order valence-electron chi connectivity index (χ0n) is 18.6. The topological polar surface area (TPSA) is 95.3 Å². The number of nitrogens with one attached hydrogen (secondary N) is 1. The second-order valence-electron chi connectivity index (χ2n) is 8.57. The van der Waals surface area contributed by atoms with E-state index < -0.39 is 0 Å². The zero-order chi connectivity index (χ0) is 23.4. The maximum absolute atomic E-state index is 13.4. The third kappa shape index (κ3) is 5.61. The van der Waals surface area contributed by atoms with Gasteiger partial charge in [0.1, 0.15) is 12.1 Å². The van der Waals surface area contributed by atoms with Crippen LogP contribution in [-0.4, -0.2) is 45.2 Å². The molecule has 3 aromatic rings. The van der Waals surface area contributed by atoms with Gasteiger partial charge in [-0.3, -0.25) is 4.79 Å². The Morgan fingerprint density at radius 2 is 2.06 bits per heavy atom. The van der Waals surface area contributed by atoms with E-state index in [1.807, 2.05) is 31.2 Å². The Morgan fingerprint density at radius 3 is 2.82 bits per heavy atom. The van der Waals surface area contributed by atoms with Gasteiger partial charge >= 0.3 is 0 Å². The highest BCUT2D eigenvalue weighted by molar-refractivity contribution is 7.14. The van der Waals surface area contributed by atoms with E-state index in [2.05, 4.69) is 15.3 Å². The summed E-state index contributed by atoms with van der Waals surface area (Å²) in [5.74, 6) is 0.746. The van der Waals surface area contributed by atoms with Crippen LogP contribution in [0.5, 0.6) is 0 Å². The Labute approximate surface area is 202 Å². The van der Waals surface area contributed by atoms with Gasteiger partial charge in [-0.1, -0.05) is 17.7 Å². The van der Waals surface area contributed by atoms with E-state index in [0.29, 0.717) is 40.0 Å². The van der Waals surface area contributed by atoms with Gasteiger partial charge in [0.2, 0.25) is 5.78 Å². The molecule has 6 nitrogen and oxygen atoms in total. The van der Waals surface area contributed by atoms with E-state index in [-0.39, 0.29) is 25.0 Å².